The zero-order valence-electron chi connectivity index (χ0n) is 9.53. The van der Waals surface area contributed by atoms with Crippen molar-refractivity contribution >= 4 is 5.65 Å². The van der Waals surface area contributed by atoms with Crippen molar-refractivity contribution in [1.82, 2.24) is 14.2 Å². The molecule has 0 unspecified atom stereocenters. The Hall–Kier alpha value is -1.94. The van der Waals surface area contributed by atoms with E-state index in [1.165, 1.54) is 25.7 Å². The highest BCUT2D eigenvalue weighted by Crippen LogP contribution is 2.31. The standard InChI is InChI=1S/C11H14N6/c12-15-13-7-9-8-14-17-6-5-16(11(9)17)10-3-1-2-4-10/h5-6,8,10H,1-4,7H2. The largest absolute Gasteiger partial charge is 0.328 e. The first-order chi connectivity index (χ1) is 8.40. The van der Waals surface area contributed by atoms with Crippen LogP contribution in [-0.4, -0.2) is 14.2 Å². The van der Waals surface area contributed by atoms with Gasteiger partial charge in [-0.05, 0) is 18.4 Å². The second-order valence-electron chi connectivity index (χ2n) is 4.47. The molecule has 2 aromatic heterocycles. The fourth-order valence-electron chi connectivity index (χ4n) is 2.69. The van der Waals surface area contributed by atoms with Crippen LogP contribution in [0.25, 0.3) is 16.1 Å². The van der Waals surface area contributed by atoms with E-state index in [9.17, 15) is 0 Å². The zero-order valence-corrected chi connectivity index (χ0v) is 9.53. The summed E-state index contributed by atoms with van der Waals surface area (Å²) in [5, 5.41) is 7.90. The van der Waals surface area contributed by atoms with E-state index in [4.69, 9.17) is 5.53 Å². The minimum Gasteiger partial charge on any atom is -0.328 e. The number of hydrogen-bond donors (Lipinski definition) is 0. The Morgan fingerprint density at radius 3 is 3.00 bits per heavy atom. The lowest BCUT2D eigenvalue weighted by Gasteiger charge is -2.12. The lowest BCUT2D eigenvalue weighted by Crippen LogP contribution is -2.04. The maximum absolute atomic E-state index is 8.39. The van der Waals surface area contributed by atoms with E-state index in [1.54, 1.807) is 6.20 Å². The highest BCUT2D eigenvalue weighted by atomic mass is 15.3. The molecule has 0 radical (unpaired) electrons. The highest BCUT2D eigenvalue weighted by Gasteiger charge is 2.20. The minimum atomic E-state index is 0.372. The van der Waals surface area contributed by atoms with Crippen LogP contribution in [0.5, 0.6) is 0 Å². The van der Waals surface area contributed by atoms with Crippen molar-refractivity contribution in [3.05, 3.63) is 34.6 Å². The van der Waals surface area contributed by atoms with Gasteiger partial charge in [-0.15, -0.1) is 0 Å². The Morgan fingerprint density at radius 1 is 1.41 bits per heavy atom. The molecule has 1 aliphatic rings. The van der Waals surface area contributed by atoms with Crippen LogP contribution in [-0.2, 0) is 6.54 Å². The molecule has 88 valence electrons. The third-order valence-electron chi connectivity index (χ3n) is 3.48. The Balaban J connectivity index is 2.05. The molecule has 0 saturated heterocycles. The smallest absolute Gasteiger partial charge is 0.139 e. The van der Waals surface area contributed by atoms with Crippen LogP contribution in [0.3, 0.4) is 0 Å². The molecule has 0 atom stereocenters. The molecular formula is C11H14N6. The molecule has 1 aliphatic carbocycles. The molecule has 0 amide bonds. The molecule has 0 bridgehead atoms. The highest BCUT2D eigenvalue weighted by molar-refractivity contribution is 5.48. The van der Waals surface area contributed by atoms with Gasteiger partial charge in [0.2, 0.25) is 0 Å². The summed E-state index contributed by atoms with van der Waals surface area (Å²) in [5.41, 5.74) is 10.5. The van der Waals surface area contributed by atoms with Gasteiger partial charge in [-0.25, -0.2) is 4.52 Å². The number of rotatable bonds is 3. The summed E-state index contributed by atoms with van der Waals surface area (Å²) in [6, 6.07) is 0.578. The Labute approximate surface area is 98.5 Å². The first-order valence-electron chi connectivity index (χ1n) is 5.94. The predicted molar refractivity (Wildman–Crippen MR) is 63.5 cm³/mol. The maximum atomic E-state index is 8.39. The Kier molecular flexibility index (Phi) is 2.49. The molecule has 6 heteroatoms. The average Bonchev–Trinajstić information content (AvgIpc) is 3.03. The molecule has 3 rings (SSSR count). The van der Waals surface area contributed by atoms with E-state index in [-0.39, 0.29) is 0 Å². The van der Waals surface area contributed by atoms with Gasteiger partial charge in [0, 0.05) is 28.9 Å². The summed E-state index contributed by atoms with van der Waals surface area (Å²) in [5.74, 6) is 0. The van der Waals surface area contributed by atoms with Crippen LogP contribution in [0.1, 0.15) is 37.3 Å². The van der Waals surface area contributed by atoms with Crippen LogP contribution in [0.15, 0.2) is 23.7 Å². The second-order valence-corrected chi connectivity index (χ2v) is 4.47. The van der Waals surface area contributed by atoms with Crippen LogP contribution in [0.4, 0.5) is 0 Å². The second kappa shape index (κ2) is 4.14. The van der Waals surface area contributed by atoms with E-state index in [2.05, 4.69) is 25.9 Å². The minimum absolute atomic E-state index is 0.372. The number of nitrogens with zero attached hydrogens (tertiary/aromatic N) is 6. The van der Waals surface area contributed by atoms with Gasteiger partial charge in [0.1, 0.15) is 5.65 Å². The van der Waals surface area contributed by atoms with E-state index < -0.39 is 0 Å². The molecule has 2 heterocycles. The average molecular weight is 230 g/mol. The molecule has 6 nitrogen and oxygen atoms in total. The predicted octanol–water partition coefficient (Wildman–Crippen LogP) is 3.06. The van der Waals surface area contributed by atoms with Crippen molar-refractivity contribution in [2.24, 2.45) is 5.11 Å². The third-order valence-corrected chi connectivity index (χ3v) is 3.48. The van der Waals surface area contributed by atoms with Crippen LogP contribution >= 0.6 is 0 Å². The third kappa shape index (κ3) is 1.66. The molecule has 17 heavy (non-hydrogen) atoms. The van der Waals surface area contributed by atoms with Crippen molar-refractivity contribution in [2.75, 3.05) is 0 Å². The summed E-state index contributed by atoms with van der Waals surface area (Å²) in [6.07, 6.45) is 10.9. The summed E-state index contributed by atoms with van der Waals surface area (Å²) >= 11 is 0. The van der Waals surface area contributed by atoms with E-state index >= 15 is 0 Å². The summed E-state index contributed by atoms with van der Waals surface area (Å²) in [7, 11) is 0. The van der Waals surface area contributed by atoms with Gasteiger partial charge in [-0.2, -0.15) is 5.10 Å². The van der Waals surface area contributed by atoms with E-state index in [0.29, 0.717) is 12.6 Å². The normalized spacial score (nSPS) is 16.5. The van der Waals surface area contributed by atoms with Gasteiger partial charge in [-0.3, -0.25) is 0 Å². The lowest BCUT2D eigenvalue weighted by molar-refractivity contribution is 0.532. The number of azide groups is 1. The molecule has 1 fully saturated rings. The van der Waals surface area contributed by atoms with Gasteiger partial charge < -0.3 is 4.57 Å². The first kappa shape index (κ1) is 10.2. The van der Waals surface area contributed by atoms with Gasteiger partial charge in [0.15, 0.2) is 0 Å². The maximum Gasteiger partial charge on any atom is 0.139 e. The fourth-order valence-corrected chi connectivity index (χ4v) is 2.69. The topological polar surface area (TPSA) is 71.0 Å². The van der Waals surface area contributed by atoms with E-state index in [1.807, 2.05) is 10.7 Å². The Morgan fingerprint density at radius 2 is 2.24 bits per heavy atom. The quantitative estimate of drug-likeness (QED) is 0.453. The van der Waals surface area contributed by atoms with Crippen LogP contribution < -0.4 is 0 Å². The van der Waals surface area contributed by atoms with Crippen molar-refractivity contribution < 1.29 is 0 Å². The molecule has 0 spiro atoms. The summed E-state index contributed by atoms with van der Waals surface area (Å²) in [4.78, 5) is 2.81. The molecule has 0 aliphatic heterocycles. The van der Waals surface area contributed by atoms with Crippen molar-refractivity contribution in [3.8, 4) is 0 Å². The molecule has 0 aromatic carbocycles. The van der Waals surface area contributed by atoms with Gasteiger partial charge in [-0.1, -0.05) is 18.0 Å². The summed E-state index contributed by atoms with van der Waals surface area (Å²) in [6.45, 7) is 0.372. The van der Waals surface area contributed by atoms with Crippen molar-refractivity contribution in [2.45, 2.75) is 38.3 Å². The fraction of sp³-hybridized carbons (Fsp3) is 0.545. The molecular weight excluding hydrogens is 216 g/mol. The molecule has 0 N–H and O–H groups in total. The zero-order chi connectivity index (χ0) is 11.7. The number of hydrogen-bond acceptors (Lipinski definition) is 2. The van der Waals surface area contributed by atoms with E-state index in [0.717, 1.165) is 11.2 Å². The molecule has 1 saturated carbocycles. The van der Waals surface area contributed by atoms with Gasteiger partial charge >= 0.3 is 0 Å². The van der Waals surface area contributed by atoms with Crippen molar-refractivity contribution in [3.63, 3.8) is 0 Å². The lowest BCUT2D eigenvalue weighted by atomic mass is 10.2. The number of imidazole rings is 1. The van der Waals surface area contributed by atoms with Crippen LogP contribution in [0.2, 0.25) is 0 Å². The SMILES string of the molecule is [N-]=[N+]=NCc1cnn2ccn(C3CCCC3)c12. The number of fused-ring (bicyclic) bond motifs is 1. The summed E-state index contributed by atoms with van der Waals surface area (Å²) < 4.78 is 4.14. The Bertz CT molecular complexity index is 568. The van der Waals surface area contributed by atoms with Gasteiger partial charge in [0.05, 0.1) is 12.7 Å². The molecule has 2 aromatic rings. The first-order valence-corrected chi connectivity index (χ1v) is 5.94. The van der Waals surface area contributed by atoms with Crippen LogP contribution in [0, 0.1) is 0 Å². The van der Waals surface area contributed by atoms with Crippen molar-refractivity contribution in [1.29, 1.82) is 0 Å². The number of aromatic nitrogens is 3. The van der Waals surface area contributed by atoms with Gasteiger partial charge in [0.25, 0.3) is 0 Å². The monoisotopic (exact) mass is 230 g/mol.